The lowest BCUT2D eigenvalue weighted by Gasteiger charge is -2.26. The van der Waals surface area contributed by atoms with Gasteiger partial charge in [0.1, 0.15) is 0 Å². The van der Waals surface area contributed by atoms with E-state index in [2.05, 4.69) is 229 Å². The predicted octanol–water partition coefficient (Wildman–Crippen LogP) is 17.7. The molecule has 0 radical (unpaired) electrons. The van der Waals surface area contributed by atoms with Crippen LogP contribution in [-0.4, -0.2) is 0 Å². The van der Waals surface area contributed by atoms with Gasteiger partial charge in [0.15, 0.2) is 0 Å². The number of rotatable bonds is 7. The molecule has 0 N–H and O–H groups in total. The molecule has 12 rings (SSSR count). The smallest absolute Gasteiger partial charge is 0.0640 e. The fourth-order valence-corrected chi connectivity index (χ4v) is 11.7. The molecule has 10 aromatic carbocycles. The standard InChI is InChI=1S/C58H37NS2/c1-3-14-38(15-4-1)44-36-37-45(49-19-8-7-18-48(44)49)40-28-32-42(33-29-40)59(43-34-30-41(31-35-43)46-21-13-27-55-56(46)52-20-9-10-26-54(52)60-55)53-25-12-24-51-50-23-11-22-47(57(50)61-58(51)53)39-16-5-2-6-17-39/h1-37H. The van der Waals surface area contributed by atoms with Gasteiger partial charge in [0.25, 0.3) is 0 Å². The number of fused-ring (bicyclic) bond motifs is 7. The van der Waals surface area contributed by atoms with E-state index in [0.717, 1.165) is 11.4 Å². The summed E-state index contributed by atoms with van der Waals surface area (Å²) in [4.78, 5) is 2.45. The number of nitrogens with zero attached hydrogens (tertiary/aromatic N) is 1. The Balaban J connectivity index is 1.01. The summed E-state index contributed by atoms with van der Waals surface area (Å²) < 4.78 is 5.22. The molecule has 0 spiro atoms. The third-order valence-corrected chi connectivity index (χ3v) is 14.5. The van der Waals surface area contributed by atoms with Crippen molar-refractivity contribution in [2.45, 2.75) is 0 Å². The molecule has 0 atom stereocenters. The molecule has 0 fully saturated rings. The minimum atomic E-state index is 1.11. The van der Waals surface area contributed by atoms with E-state index in [0.29, 0.717) is 0 Å². The summed E-state index contributed by atoms with van der Waals surface area (Å²) in [6, 6.07) is 82.2. The lowest BCUT2D eigenvalue weighted by Crippen LogP contribution is -2.10. The van der Waals surface area contributed by atoms with Crippen molar-refractivity contribution in [1.82, 2.24) is 0 Å². The topological polar surface area (TPSA) is 3.24 Å². The molecule has 0 aliphatic carbocycles. The summed E-state index contributed by atoms with van der Waals surface area (Å²) in [7, 11) is 0. The molecule has 286 valence electrons. The van der Waals surface area contributed by atoms with Crippen LogP contribution >= 0.6 is 22.7 Å². The Morgan fingerprint density at radius 3 is 1.38 bits per heavy atom. The fourth-order valence-electron chi connectivity index (χ4n) is 9.27. The molecule has 0 saturated heterocycles. The van der Waals surface area contributed by atoms with Crippen molar-refractivity contribution in [1.29, 1.82) is 0 Å². The van der Waals surface area contributed by atoms with Gasteiger partial charge in [-0.05, 0) is 97.7 Å². The molecule has 0 aliphatic rings. The van der Waals surface area contributed by atoms with E-state index in [-0.39, 0.29) is 0 Å². The Kier molecular flexibility index (Phi) is 8.62. The lowest BCUT2D eigenvalue weighted by atomic mass is 9.92. The van der Waals surface area contributed by atoms with Crippen LogP contribution in [0.1, 0.15) is 0 Å². The van der Waals surface area contributed by atoms with E-state index in [4.69, 9.17) is 0 Å². The van der Waals surface area contributed by atoms with E-state index in [1.54, 1.807) is 0 Å². The Hall–Kier alpha value is -7.30. The molecule has 61 heavy (non-hydrogen) atoms. The number of hydrogen-bond donors (Lipinski definition) is 0. The molecule has 0 saturated carbocycles. The average molecular weight is 812 g/mol. The summed E-state index contributed by atoms with van der Waals surface area (Å²) in [5.41, 5.74) is 13.3. The minimum absolute atomic E-state index is 1.11. The molecule has 0 bridgehead atoms. The highest BCUT2D eigenvalue weighted by atomic mass is 32.1. The van der Waals surface area contributed by atoms with E-state index in [9.17, 15) is 0 Å². The SMILES string of the molecule is c1ccc(-c2ccc(-c3ccc(N(c4ccc(-c5cccc6sc7ccccc7c56)cc4)c4cccc5c4sc4c(-c6ccccc6)cccc45)cc3)c3ccccc23)cc1. The van der Waals surface area contributed by atoms with E-state index in [1.807, 2.05) is 22.7 Å². The van der Waals surface area contributed by atoms with Crippen LogP contribution < -0.4 is 4.90 Å². The van der Waals surface area contributed by atoms with Crippen molar-refractivity contribution in [3.63, 3.8) is 0 Å². The summed E-state index contributed by atoms with van der Waals surface area (Å²) in [6.07, 6.45) is 0. The van der Waals surface area contributed by atoms with Crippen molar-refractivity contribution in [3.05, 3.63) is 224 Å². The van der Waals surface area contributed by atoms with E-state index in [1.165, 1.54) is 101 Å². The Morgan fingerprint density at radius 2 is 0.721 bits per heavy atom. The first-order valence-corrected chi connectivity index (χ1v) is 22.4. The molecule has 0 unspecified atom stereocenters. The average Bonchev–Trinajstić information content (AvgIpc) is 3.92. The van der Waals surface area contributed by atoms with Crippen molar-refractivity contribution < 1.29 is 0 Å². The minimum Gasteiger partial charge on any atom is -0.309 e. The van der Waals surface area contributed by atoms with Crippen LogP contribution in [0.4, 0.5) is 17.1 Å². The van der Waals surface area contributed by atoms with E-state index >= 15 is 0 Å². The summed E-state index contributed by atoms with van der Waals surface area (Å²) in [5, 5.41) is 7.72. The fraction of sp³-hybridized carbons (Fsp3) is 0. The van der Waals surface area contributed by atoms with Gasteiger partial charge in [-0.1, -0.05) is 182 Å². The van der Waals surface area contributed by atoms with Crippen LogP contribution in [-0.2, 0) is 0 Å². The second-order valence-corrected chi connectivity index (χ2v) is 17.7. The maximum absolute atomic E-state index is 2.45. The molecular weight excluding hydrogens is 775 g/mol. The highest BCUT2D eigenvalue weighted by Gasteiger charge is 2.21. The van der Waals surface area contributed by atoms with E-state index < -0.39 is 0 Å². The zero-order valence-electron chi connectivity index (χ0n) is 33.1. The van der Waals surface area contributed by atoms with Crippen molar-refractivity contribution in [2.75, 3.05) is 4.90 Å². The van der Waals surface area contributed by atoms with Gasteiger partial charge >= 0.3 is 0 Å². The summed E-state index contributed by atoms with van der Waals surface area (Å²) >= 11 is 3.76. The van der Waals surface area contributed by atoms with Crippen molar-refractivity contribution >= 4 is 90.9 Å². The first-order valence-electron chi connectivity index (χ1n) is 20.7. The Morgan fingerprint density at radius 1 is 0.262 bits per heavy atom. The molecule has 0 aliphatic heterocycles. The zero-order valence-corrected chi connectivity index (χ0v) is 34.8. The van der Waals surface area contributed by atoms with Crippen LogP contribution in [0.15, 0.2) is 224 Å². The molecule has 3 heteroatoms. The normalized spacial score (nSPS) is 11.6. The summed E-state index contributed by atoms with van der Waals surface area (Å²) in [5.74, 6) is 0. The second kappa shape index (κ2) is 14.8. The van der Waals surface area contributed by atoms with Gasteiger partial charge in [0.2, 0.25) is 0 Å². The van der Waals surface area contributed by atoms with Crippen LogP contribution in [0.5, 0.6) is 0 Å². The number of hydrogen-bond acceptors (Lipinski definition) is 3. The van der Waals surface area contributed by atoms with Gasteiger partial charge in [-0.25, -0.2) is 0 Å². The van der Waals surface area contributed by atoms with Crippen LogP contribution in [0.2, 0.25) is 0 Å². The highest BCUT2D eigenvalue weighted by molar-refractivity contribution is 7.27. The van der Waals surface area contributed by atoms with Gasteiger partial charge in [-0.2, -0.15) is 0 Å². The second-order valence-electron chi connectivity index (χ2n) is 15.6. The number of benzene rings is 10. The van der Waals surface area contributed by atoms with Gasteiger partial charge in [0.05, 0.1) is 10.4 Å². The van der Waals surface area contributed by atoms with Gasteiger partial charge in [0, 0.05) is 47.0 Å². The third kappa shape index (κ3) is 6.04. The highest BCUT2D eigenvalue weighted by Crippen LogP contribution is 2.48. The van der Waals surface area contributed by atoms with Gasteiger partial charge in [-0.3, -0.25) is 0 Å². The first-order chi connectivity index (χ1) is 30.3. The van der Waals surface area contributed by atoms with Crippen LogP contribution in [0, 0.1) is 0 Å². The first kappa shape index (κ1) is 35.6. The quantitative estimate of drug-likeness (QED) is 0.155. The number of thiophene rings is 2. The lowest BCUT2D eigenvalue weighted by molar-refractivity contribution is 1.30. The van der Waals surface area contributed by atoms with Crippen LogP contribution in [0.3, 0.4) is 0 Å². The monoisotopic (exact) mass is 811 g/mol. The largest absolute Gasteiger partial charge is 0.309 e. The molecule has 0 amide bonds. The predicted molar refractivity (Wildman–Crippen MR) is 266 cm³/mol. The van der Waals surface area contributed by atoms with Crippen LogP contribution in [0.25, 0.3) is 95.6 Å². The molecule has 2 heterocycles. The maximum Gasteiger partial charge on any atom is 0.0640 e. The molecule has 1 nitrogen and oxygen atoms in total. The van der Waals surface area contributed by atoms with Gasteiger partial charge < -0.3 is 4.90 Å². The number of anilines is 3. The molecular formula is C58H37NS2. The Labute approximate surface area is 362 Å². The third-order valence-electron chi connectivity index (χ3n) is 12.1. The maximum atomic E-state index is 2.45. The Bertz CT molecular complexity index is 3560. The van der Waals surface area contributed by atoms with Crippen molar-refractivity contribution in [2.24, 2.45) is 0 Å². The van der Waals surface area contributed by atoms with Crippen molar-refractivity contribution in [3.8, 4) is 44.5 Å². The molecule has 12 aromatic rings. The summed E-state index contributed by atoms with van der Waals surface area (Å²) in [6.45, 7) is 0. The molecule has 2 aromatic heterocycles. The zero-order chi connectivity index (χ0) is 40.3. The van der Waals surface area contributed by atoms with Gasteiger partial charge in [-0.15, -0.1) is 22.7 Å².